The molecule has 0 amide bonds. The molecule has 98 valence electrons. The van der Waals surface area contributed by atoms with Gasteiger partial charge < -0.3 is 14.6 Å². The van der Waals surface area contributed by atoms with Crippen LogP contribution in [-0.4, -0.2) is 54.6 Å². The molecule has 2 aliphatic heterocycles. The van der Waals surface area contributed by atoms with Crippen LogP contribution in [-0.2, 0) is 16.0 Å². The van der Waals surface area contributed by atoms with Gasteiger partial charge in [0.2, 0.25) is 0 Å². The maximum Gasteiger partial charge on any atom is 0.128 e. The fraction of sp³-hybridized carbons (Fsp3) is 0.571. The van der Waals surface area contributed by atoms with E-state index in [1.165, 1.54) is 5.56 Å². The molecule has 0 bridgehead atoms. The molecule has 18 heavy (non-hydrogen) atoms. The van der Waals surface area contributed by atoms with Crippen LogP contribution in [0.2, 0.25) is 0 Å². The monoisotopic (exact) mass is 249 g/mol. The van der Waals surface area contributed by atoms with E-state index < -0.39 is 0 Å². The first-order valence-corrected chi connectivity index (χ1v) is 6.42. The smallest absolute Gasteiger partial charge is 0.128 e. The van der Waals surface area contributed by atoms with Gasteiger partial charge in [-0.05, 0) is 5.56 Å². The topological polar surface area (TPSA) is 41.9 Å². The van der Waals surface area contributed by atoms with Gasteiger partial charge in [-0.1, -0.05) is 30.3 Å². The van der Waals surface area contributed by atoms with Crippen LogP contribution in [0, 0.1) is 0 Å². The second kappa shape index (κ2) is 4.97. The Balaban J connectivity index is 1.68. The van der Waals surface area contributed by atoms with Crippen LogP contribution >= 0.6 is 0 Å². The highest BCUT2D eigenvalue weighted by molar-refractivity contribution is 5.15. The van der Waals surface area contributed by atoms with Crippen molar-refractivity contribution in [2.75, 3.05) is 32.9 Å². The maximum atomic E-state index is 9.33. The van der Waals surface area contributed by atoms with E-state index in [2.05, 4.69) is 29.2 Å². The molecule has 1 aromatic carbocycles. The highest BCUT2D eigenvalue weighted by Crippen LogP contribution is 2.29. The zero-order chi connectivity index (χ0) is 12.4. The third kappa shape index (κ3) is 2.42. The van der Waals surface area contributed by atoms with E-state index in [1.54, 1.807) is 0 Å². The van der Waals surface area contributed by atoms with Crippen LogP contribution in [0.5, 0.6) is 0 Å². The first-order valence-electron chi connectivity index (χ1n) is 6.42. The fourth-order valence-electron chi connectivity index (χ4n) is 2.73. The van der Waals surface area contributed by atoms with Crippen molar-refractivity contribution in [3.63, 3.8) is 0 Å². The summed E-state index contributed by atoms with van der Waals surface area (Å²) in [5.74, 6) is 0. The summed E-state index contributed by atoms with van der Waals surface area (Å²) in [4.78, 5) is 2.35. The minimum absolute atomic E-state index is 0.0764. The van der Waals surface area contributed by atoms with E-state index in [0.717, 1.165) is 19.6 Å². The molecular formula is C14H19NO3. The predicted molar refractivity (Wildman–Crippen MR) is 67.2 cm³/mol. The van der Waals surface area contributed by atoms with Gasteiger partial charge in [0.05, 0.1) is 25.9 Å². The minimum Gasteiger partial charge on any atom is -0.394 e. The molecule has 4 nitrogen and oxygen atoms in total. The Morgan fingerprint density at radius 2 is 2.06 bits per heavy atom. The number of benzene rings is 1. The van der Waals surface area contributed by atoms with Gasteiger partial charge in [-0.15, -0.1) is 0 Å². The SMILES string of the molecule is OC[C@@H]1CN(Cc2ccccc2)CC2(COC2)O1. The third-order valence-corrected chi connectivity index (χ3v) is 3.57. The van der Waals surface area contributed by atoms with Gasteiger partial charge in [-0.25, -0.2) is 0 Å². The van der Waals surface area contributed by atoms with Crippen molar-refractivity contribution >= 4 is 0 Å². The zero-order valence-corrected chi connectivity index (χ0v) is 10.4. The lowest BCUT2D eigenvalue weighted by molar-refractivity contribution is -0.267. The summed E-state index contributed by atoms with van der Waals surface area (Å²) in [5.41, 5.74) is 1.12. The zero-order valence-electron chi connectivity index (χ0n) is 10.4. The molecule has 2 heterocycles. The Labute approximate surface area is 107 Å². The molecule has 2 saturated heterocycles. The van der Waals surface area contributed by atoms with E-state index in [-0.39, 0.29) is 18.3 Å². The van der Waals surface area contributed by atoms with Gasteiger partial charge in [-0.3, -0.25) is 4.90 Å². The molecule has 4 heteroatoms. The highest BCUT2D eigenvalue weighted by atomic mass is 16.6. The van der Waals surface area contributed by atoms with Crippen molar-refractivity contribution in [2.24, 2.45) is 0 Å². The first kappa shape index (κ1) is 12.1. The van der Waals surface area contributed by atoms with E-state index in [9.17, 15) is 5.11 Å². The molecule has 1 atom stereocenters. The first-order chi connectivity index (χ1) is 8.80. The average Bonchev–Trinajstić information content (AvgIpc) is 2.37. The maximum absolute atomic E-state index is 9.33. The number of morpholine rings is 1. The van der Waals surface area contributed by atoms with Crippen LogP contribution in [0.3, 0.4) is 0 Å². The van der Waals surface area contributed by atoms with Crippen LogP contribution < -0.4 is 0 Å². The van der Waals surface area contributed by atoms with Crippen molar-refractivity contribution < 1.29 is 14.6 Å². The quantitative estimate of drug-likeness (QED) is 0.854. The Morgan fingerprint density at radius 3 is 2.67 bits per heavy atom. The van der Waals surface area contributed by atoms with E-state index in [1.807, 2.05) is 6.07 Å². The summed E-state index contributed by atoms with van der Waals surface area (Å²) in [6, 6.07) is 10.4. The lowest BCUT2D eigenvalue weighted by Crippen LogP contribution is -2.65. The molecule has 0 unspecified atom stereocenters. The van der Waals surface area contributed by atoms with Gasteiger partial charge in [-0.2, -0.15) is 0 Å². The van der Waals surface area contributed by atoms with Crippen LogP contribution in [0.1, 0.15) is 5.56 Å². The third-order valence-electron chi connectivity index (χ3n) is 3.57. The number of rotatable bonds is 3. The summed E-state index contributed by atoms with van der Waals surface area (Å²) in [7, 11) is 0. The van der Waals surface area contributed by atoms with E-state index >= 15 is 0 Å². The van der Waals surface area contributed by atoms with E-state index in [4.69, 9.17) is 9.47 Å². The molecule has 1 N–H and O–H groups in total. The van der Waals surface area contributed by atoms with Gasteiger partial charge in [0.25, 0.3) is 0 Å². The highest BCUT2D eigenvalue weighted by Gasteiger charge is 2.46. The number of nitrogens with zero attached hydrogens (tertiary/aromatic N) is 1. The number of hydrogen-bond acceptors (Lipinski definition) is 4. The normalized spacial score (nSPS) is 27.1. The molecule has 0 aliphatic carbocycles. The van der Waals surface area contributed by atoms with Crippen LogP contribution in [0.15, 0.2) is 30.3 Å². The minimum atomic E-state index is -0.180. The molecule has 0 saturated carbocycles. The van der Waals surface area contributed by atoms with Crippen LogP contribution in [0.4, 0.5) is 0 Å². The molecular weight excluding hydrogens is 230 g/mol. The summed E-state index contributed by atoms with van der Waals surface area (Å²) in [5, 5.41) is 9.33. The average molecular weight is 249 g/mol. The molecule has 1 aromatic rings. The molecule has 0 radical (unpaired) electrons. The summed E-state index contributed by atoms with van der Waals surface area (Å²) < 4.78 is 11.2. The van der Waals surface area contributed by atoms with Crippen molar-refractivity contribution in [1.82, 2.24) is 4.90 Å². The molecule has 1 spiro atoms. The number of ether oxygens (including phenoxy) is 2. The number of aliphatic hydroxyl groups is 1. The van der Waals surface area contributed by atoms with Gasteiger partial charge in [0.1, 0.15) is 5.60 Å². The second-order valence-electron chi connectivity index (χ2n) is 5.25. The van der Waals surface area contributed by atoms with Crippen molar-refractivity contribution in [2.45, 2.75) is 18.2 Å². The number of aliphatic hydroxyl groups excluding tert-OH is 1. The second-order valence-corrected chi connectivity index (χ2v) is 5.25. The van der Waals surface area contributed by atoms with Gasteiger partial charge in [0.15, 0.2) is 0 Å². The molecule has 0 aromatic heterocycles. The van der Waals surface area contributed by atoms with Gasteiger partial charge >= 0.3 is 0 Å². The van der Waals surface area contributed by atoms with Crippen molar-refractivity contribution in [1.29, 1.82) is 0 Å². The molecule has 3 rings (SSSR count). The number of hydrogen-bond donors (Lipinski definition) is 1. The van der Waals surface area contributed by atoms with Gasteiger partial charge in [0, 0.05) is 19.6 Å². The Bertz CT molecular complexity index is 391. The largest absolute Gasteiger partial charge is 0.394 e. The lowest BCUT2D eigenvalue weighted by Gasteiger charge is -2.50. The fourth-order valence-corrected chi connectivity index (χ4v) is 2.73. The van der Waals surface area contributed by atoms with Crippen molar-refractivity contribution in [3.05, 3.63) is 35.9 Å². The summed E-state index contributed by atoms with van der Waals surface area (Å²) in [6.07, 6.45) is -0.0913. The molecule has 2 fully saturated rings. The summed E-state index contributed by atoms with van der Waals surface area (Å²) >= 11 is 0. The Morgan fingerprint density at radius 1 is 1.28 bits per heavy atom. The van der Waals surface area contributed by atoms with E-state index in [0.29, 0.717) is 13.2 Å². The Kier molecular flexibility index (Phi) is 3.35. The predicted octanol–water partition coefficient (Wildman–Crippen LogP) is 0.649. The molecule has 2 aliphatic rings. The standard InChI is InChI=1S/C14H19NO3/c16-8-13-7-15(6-12-4-2-1-3-5-12)9-14(18-13)10-17-11-14/h1-5,13,16H,6-11H2/t13-/m0/s1. The summed E-state index contributed by atoms with van der Waals surface area (Å²) in [6.45, 7) is 3.95. The van der Waals surface area contributed by atoms with Crippen LogP contribution in [0.25, 0.3) is 0 Å². The lowest BCUT2D eigenvalue weighted by atomic mass is 9.97. The van der Waals surface area contributed by atoms with Crippen molar-refractivity contribution in [3.8, 4) is 0 Å². The Hall–Kier alpha value is -0.940.